The maximum absolute atomic E-state index is 5.82. The predicted octanol–water partition coefficient (Wildman–Crippen LogP) is 3.95. The summed E-state index contributed by atoms with van der Waals surface area (Å²) >= 11 is 2.35. The maximum Gasteiger partial charge on any atom is 0.123 e. The molecule has 0 aromatic carbocycles. The summed E-state index contributed by atoms with van der Waals surface area (Å²) in [4.78, 5) is 4.14. The Morgan fingerprint density at radius 1 is 1.39 bits per heavy atom. The van der Waals surface area contributed by atoms with Gasteiger partial charge in [-0.25, -0.2) is 0 Å². The van der Waals surface area contributed by atoms with Crippen molar-refractivity contribution < 1.29 is 4.74 Å². The minimum Gasteiger partial charge on any atom is -0.361 e. The van der Waals surface area contributed by atoms with Crippen LogP contribution < -0.4 is 0 Å². The molecule has 98 valence electrons. The fraction of sp³-hybridized carbons (Fsp3) is 0.462. The largest absolute Gasteiger partial charge is 0.361 e. The summed E-state index contributed by atoms with van der Waals surface area (Å²) in [5.74, 6) is 0. The van der Waals surface area contributed by atoms with Crippen LogP contribution in [0.5, 0.6) is 0 Å². The third-order valence-corrected chi connectivity index (χ3v) is 5.47. The molecule has 3 nitrogen and oxygen atoms in total. The van der Waals surface area contributed by atoms with Crippen molar-refractivity contribution in [2.45, 2.75) is 32.4 Å². The summed E-state index contributed by atoms with van der Waals surface area (Å²) in [5.41, 5.74) is 1.20. The van der Waals surface area contributed by atoms with E-state index in [2.05, 4.69) is 57.8 Å². The van der Waals surface area contributed by atoms with Gasteiger partial charge in [-0.2, -0.15) is 0 Å². The molecule has 0 atom stereocenters. The summed E-state index contributed by atoms with van der Waals surface area (Å²) in [5, 5.41) is 1.18. The predicted molar refractivity (Wildman–Crippen MR) is 86.6 cm³/mol. The number of hydrogen-bond donors (Lipinski definition) is 0. The van der Waals surface area contributed by atoms with Gasteiger partial charge in [-0.1, -0.05) is 19.6 Å². The first-order valence-corrected chi connectivity index (χ1v) is 10.9. The average molecular weight is 374 g/mol. The fourth-order valence-corrected chi connectivity index (χ4v) is 3.23. The van der Waals surface area contributed by atoms with Crippen molar-refractivity contribution in [1.29, 1.82) is 0 Å². The molecular weight excluding hydrogens is 355 g/mol. The first kappa shape index (κ1) is 14.0. The van der Waals surface area contributed by atoms with Gasteiger partial charge >= 0.3 is 0 Å². The maximum atomic E-state index is 5.82. The van der Waals surface area contributed by atoms with Crippen molar-refractivity contribution in [1.82, 2.24) is 9.55 Å². The van der Waals surface area contributed by atoms with E-state index >= 15 is 0 Å². The third-order valence-electron chi connectivity index (χ3n) is 2.87. The highest BCUT2D eigenvalue weighted by molar-refractivity contribution is 14.1. The number of ether oxygens (including phenoxy) is 1. The van der Waals surface area contributed by atoms with Crippen LogP contribution >= 0.6 is 22.6 Å². The van der Waals surface area contributed by atoms with E-state index in [-0.39, 0.29) is 0 Å². The average Bonchev–Trinajstić information content (AvgIpc) is 2.59. The molecule has 0 spiro atoms. The zero-order chi connectivity index (χ0) is 13.2. The number of fused-ring (bicyclic) bond motifs is 1. The second-order valence-electron chi connectivity index (χ2n) is 5.68. The van der Waals surface area contributed by atoms with E-state index in [0.29, 0.717) is 6.73 Å². The van der Waals surface area contributed by atoms with Crippen LogP contribution in [0.1, 0.15) is 0 Å². The van der Waals surface area contributed by atoms with Crippen molar-refractivity contribution >= 4 is 41.6 Å². The summed E-state index contributed by atoms with van der Waals surface area (Å²) < 4.78 is 9.21. The summed E-state index contributed by atoms with van der Waals surface area (Å²) in [7, 11) is -0.993. The Labute approximate surface area is 123 Å². The highest BCUT2D eigenvalue weighted by Gasteiger charge is 2.12. The minimum atomic E-state index is -0.993. The molecule has 0 saturated carbocycles. The molecule has 0 N–H and O–H groups in total. The monoisotopic (exact) mass is 374 g/mol. The zero-order valence-corrected chi connectivity index (χ0v) is 14.3. The molecule has 0 radical (unpaired) electrons. The Hall–Kier alpha value is -0.403. The van der Waals surface area contributed by atoms with E-state index in [4.69, 9.17) is 4.74 Å². The van der Waals surface area contributed by atoms with Gasteiger partial charge in [0, 0.05) is 32.5 Å². The molecule has 2 aromatic rings. The van der Waals surface area contributed by atoms with Crippen LogP contribution in [0.3, 0.4) is 0 Å². The van der Waals surface area contributed by atoms with E-state index in [0.717, 1.165) is 6.61 Å². The van der Waals surface area contributed by atoms with E-state index in [1.54, 1.807) is 0 Å². The molecule has 2 heterocycles. The Bertz CT molecular complexity index is 533. The van der Waals surface area contributed by atoms with Crippen molar-refractivity contribution in [3.8, 4) is 0 Å². The number of aromatic nitrogens is 2. The number of pyridine rings is 1. The van der Waals surface area contributed by atoms with Gasteiger partial charge in [-0.05, 0) is 40.8 Å². The van der Waals surface area contributed by atoms with Gasteiger partial charge in [0.2, 0.25) is 0 Å². The Balaban J connectivity index is 2.01. The van der Waals surface area contributed by atoms with E-state index in [1.165, 1.54) is 20.6 Å². The standard InChI is InChI=1S/C13H19IN2OSi/c1-18(2,3)7-6-17-10-16-12-4-5-15-9-11(12)8-13(16)14/h4-5,8-9H,6-7,10H2,1-3H3. The fourth-order valence-electron chi connectivity index (χ4n) is 1.74. The first-order chi connectivity index (χ1) is 8.47. The lowest BCUT2D eigenvalue weighted by molar-refractivity contribution is 0.0887. The molecule has 0 amide bonds. The number of hydrogen-bond acceptors (Lipinski definition) is 2. The SMILES string of the molecule is C[Si](C)(C)CCOCn1c(I)cc2cnccc21. The zero-order valence-electron chi connectivity index (χ0n) is 11.1. The van der Waals surface area contributed by atoms with Crippen LogP contribution in [-0.2, 0) is 11.5 Å². The molecular formula is C13H19IN2OSi. The molecule has 0 bridgehead atoms. The molecule has 0 aliphatic rings. The number of halogens is 1. The van der Waals surface area contributed by atoms with Gasteiger partial charge in [0.1, 0.15) is 6.73 Å². The van der Waals surface area contributed by atoms with Crippen LogP contribution in [0.25, 0.3) is 10.9 Å². The molecule has 18 heavy (non-hydrogen) atoms. The molecule has 0 saturated heterocycles. The molecule has 0 aliphatic carbocycles. The molecule has 0 fully saturated rings. The van der Waals surface area contributed by atoms with Gasteiger partial charge in [0.25, 0.3) is 0 Å². The van der Waals surface area contributed by atoms with Gasteiger partial charge < -0.3 is 9.30 Å². The lowest BCUT2D eigenvalue weighted by Crippen LogP contribution is -2.22. The quantitative estimate of drug-likeness (QED) is 0.450. The highest BCUT2D eigenvalue weighted by atomic mass is 127. The molecule has 2 rings (SSSR count). The second-order valence-corrected chi connectivity index (χ2v) is 12.4. The van der Waals surface area contributed by atoms with Crippen LogP contribution in [-0.4, -0.2) is 24.2 Å². The molecule has 2 aromatic heterocycles. The molecule has 5 heteroatoms. The van der Waals surface area contributed by atoms with Crippen molar-refractivity contribution in [3.63, 3.8) is 0 Å². The summed E-state index contributed by atoms with van der Waals surface area (Å²) in [6, 6.07) is 5.40. The van der Waals surface area contributed by atoms with Crippen LogP contribution in [0.2, 0.25) is 25.7 Å². The van der Waals surface area contributed by atoms with E-state index < -0.39 is 8.07 Å². The summed E-state index contributed by atoms with van der Waals surface area (Å²) in [6.45, 7) is 8.61. The van der Waals surface area contributed by atoms with Crippen LogP contribution in [0.15, 0.2) is 24.5 Å². The van der Waals surface area contributed by atoms with Gasteiger partial charge in [0.15, 0.2) is 0 Å². The molecule has 0 unspecified atom stereocenters. The van der Waals surface area contributed by atoms with Crippen LogP contribution in [0, 0.1) is 3.70 Å². The van der Waals surface area contributed by atoms with E-state index in [1.807, 2.05) is 18.5 Å². The van der Waals surface area contributed by atoms with Gasteiger partial charge in [-0.3, -0.25) is 4.98 Å². The lowest BCUT2D eigenvalue weighted by atomic mass is 10.3. The topological polar surface area (TPSA) is 27.1 Å². The molecule has 0 aliphatic heterocycles. The third kappa shape index (κ3) is 3.55. The van der Waals surface area contributed by atoms with Crippen molar-refractivity contribution in [2.75, 3.05) is 6.61 Å². The second kappa shape index (κ2) is 5.71. The summed E-state index contributed by atoms with van der Waals surface area (Å²) in [6.07, 6.45) is 3.73. The van der Waals surface area contributed by atoms with Crippen molar-refractivity contribution in [2.24, 2.45) is 0 Å². The lowest BCUT2D eigenvalue weighted by Gasteiger charge is -2.16. The number of rotatable bonds is 5. The minimum absolute atomic E-state index is 0.635. The normalized spacial score (nSPS) is 12.2. The van der Waals surface area contributed by atoms with Crippen molar-refractivity contribution in [3.05, 3.63) is 28.2 Å². The smallest absolute Gasteiger partial charge is 0.123 e. The Morgan fingerprint density at radius 3 is 2.89 bits per heavy atom. The van der Waals surface area contributed by atoms with E-state index in [9.17, 15) is 0 Å². The first-order valence-electron chi connectivity index (χ1n) is 6.14. The Kier molecular flexibility index (Phi) is 4.44. The highest BCUT2D eigenvalue weighted by Crippen LogP contribution is 2.20. The number of nitrogens with zero attached hydrogens (tertiary/aromatic N) is 2. The van der Waals surface area contributed by atoms with Gasteiger partial charge in [0.05, 0.1) is 9.22 Å². The van der Waals surface area contributed by atoms with Crippen LogP contribution in [0.4, 0.5) is 0 Å². The van der Waals surface area contributed by atoms with Gasteiger partial charge in [-0.15, -0.1) is 0 Å². The Morgan fingerprint density at radius 2 is 2.17 bits per heavy atom.